The number of fused-ring (bicyclic) bond motifs is 3. The average Bonchev–Trinajstić information content (AvgIpc) is 3.13. The van der Waals surface area contributed by atoms with E-state index in [9.17, 15) is 4.79 Å². The van der Waals surface area contributed by atoms with E-state index < -0.39 is 0 Å². The van der Waals surface area contributed by atoms with Gasteiger partial charge in [0.2, 0.25) is 5.91 Å². The van der Waals surface area contributed by atoms with Gasteiger partial charge in [-0.05, 0) is 24.8 Å². The fourth-order valence-electron chi connectivity index (χ4n) is 4.21. The van der Waals surface area contributed by atoms with Gasteiger partial charge in [-0.25, -0.2) is 4.68 Å². The van der Waals surface area contributed by atoms with Crippen LogP contribution in [0.2, 0.25) is 0 Å². The zero-order valence-corrected chi connectivity index (χ0v) is 16.3. The molecule has 0 saturated heterocycles. The van der Waals surface area contributed by atoms with Gasteiger partial charge in [0.25, 0.3) is 0 Å². The third-order valence-corrected chi connectivity index (χ3v) is 5.57. The highest BCUT2D eigenvalue weighted by Crippen LogP contribution is 2.27. The van der Waals surface area contributed by atoms with Crippen molar-refractivity contribution in [3.8, 4) is 5.75 Å². The van der Waals surface area contributed by atoms with E-state index in [1.54, 1.807) is 4.68 Å². The molecule has 1 aliphatic heterocycles. The summed E-state index contributed by atoms with van der Waals surface area (Å²) in [7, 11) is 0. The molecular formula is C21H29N5O2. The largest absolute Gasteiger partial charge is 0.491 e. The monoisotopic (exact) mass is 383 g/mol. The number of benzene rings is 1. The van der Waals surface area contributed by atoms with Crippen molar-refractivity contribution in [2.75, 3.05) is 19.7 Å². The second kappa shape index (κ2) is 9.19. The number of rotatable bonds is 2. The molecule has 0 atom stereocenters. The lowest BCUT2D eigenvalue weighted by Crippen LogP contribution is -2.32. The zero-order chi connectivity index (χ0) is 19.2. The van der Waals surface area contributed by atoms with Crippen LogP contribution in [-0.2, 0) is 24.4 Å². The van der Waals surface area contributed by atoms with E-state index in [1.807, 2.05) is 18.3 Å². The van der Waals surface area contributed by atoms with Crippen LogP contribution in [0.15, 0.2) is 30.5 Å². The Hall–Kier alpha value is -2.41. The molecule has 2 aromatic rings. The predicted molar refractivity (Wildman–Crippen MR) is 106 cm³/mol. The highest BCUT2D eigenvalue weighted by atomic mass is 16.5. The maximum atomic E-state index is 12.1. The van der Waals surface area contributed by atoms with Gasteiger partial charge in [-0.2, -0.15) is 0 Å². The first-order valence-corrected chi connectivity index (χ1v) is 10.3. The number of para-hydroxylation sites is 1. The van der Waals surface area contributed by atoms with Crippen molar-refractivity contribution in [3.63, 3.8) is 0 Å². The van der Waals surface area contributed by atoms with Crippen molar-refractivity contribution < 1.29 is 9.53 Å². The quantitative estimate of drug-likeness (QED) is 0.862. The molecule has 28 heavy (non-hydrogen) atoms. The van der Waals surface area contributed by atoms with E-state index >= 15 is 0 Å². The first kappa shape index (κ1) is 18.9. The molecule has 0 spiro atoms. The minimum atomic E-state index is -0.0792. The maximum Gasteiger partial charge on any atom is 0.241 e. The molecule has 0 unspecified atom stereocenters. The van der Waals surface area contributed by atoms with Crippen molar-refractivity contribution in [2.24, 2.45) is 5.92 Å². The van der Waals surface area contributed by atoms with E-state index in [0.29, 0.717) is 13.2 Å². The number of ether oxygens (including phenoxy) is 1. The SMILES string of the molecule is O=C1Cn2cc(nn2)CN(CC2CCCCC2)Cc2ccccc2OCCN1. The maximum absolute atomic E-state index is 12.1. The molecule has 0 radical (unpaired) electrons. The van der Waals surface area contributed by atoms with Crippen molar-refractivity contribution in [1.82, 2.24) is 25.2 Å². The number of nitrogens with one attached hydrogen (secondary N) is 1. The van der Waals surface area contributed by atoms with Gasteiger partial charge in [0.05, 0.1) is 18.4 Å². The minimum Gasteiger partial charge on any atom is -0.491 e. The number of aromatic nitrogens is 3. The van der Waals surface area contributed by atoms with Gasteiger partial charge in [-0.1, -0.05) is 42.7 Å². The van der Waals surface area contributed by atoms with Crippen LogP contribution in [0, 0.1) is 5.92 Å². The van der Waals surface area contributed by atoms with Crippen molar-refractivity contribution >= 4 is 5.91 Å². The molecule has 150 valence electrons. The van der Waals surface area contributed by atoms with Crippen LogP contribution in [0.5, 0.6) is 5.75 Å². The summed E-state index contributed by atoms with van der Waals surface area (Å²) >= 11 is 0. The molecule has 1 fully saturated rings. The Balaban J connectivity index is 1.57. The summed E-state index contributed by atoms with van der Waals surface area (Å²) in [6.45, 7) is 3.72. The van der Waals surface area contributed by atoms with Crippen LogP contribution in [0.1, 0.15) is 43.4 Å². The number of carbonyl (C=O) groups is 1. The standard InChI is InChI=1S/C21H29N5O2/c27-21-16-26-15-19(23-24-26)14-25(12-17-6-2-1-3-7-17)13-18-8-4-5-9-20(18)28-11-10-22-21/h4-5,8-9,15,17H,1-3,6-7,10-14,16H2,(H,22,27). The highest BCUT2D eigenvalue weighted by molar-refractivity contribution is 5.75. The summed E-state index contributed by atoms with van der Waals surface area (Å²) in [5, 5.41) is 11.3. The van der Waals surface area contributed by atoms with Crippen LogP contribution in [0.4, 0.5) is 0 Å². The summed E-state index contributed by atoms with van der Waals surface area (Å²) < 4.78 is 7.59. The number of hydrogen-bond donors (Lipinski definition) is 1. The number of nitrogens with zero attached hydrogens (tertiary/aromatic N) is 4. The fourth-order valence-corrected chi connectivity index (χ4v) is 4.21. The van der Waals surface area contributed by atoms with E-state index in [-0.39, 0.29) is 12.5 Å². The number of hydrogen-bond acceptors (Lipinski definition) is 5. The van der Waals surface area contributed by atoms with E-state index in [4.69, 9.17) is 4.74 Å². The Labute approximate surface area is 166 Å². The van der Waals surface area contributed by atoms with Crippen LogP contribution in [0.25, 0.3) is 0 Å². The molecule has 7 heteroatoms. The number of carbonyl (C=O) groups excluding carboxylic acids is 1. The second-order valence-corrected chi connectivity index (χ2v) is 7.89. The Morgan fingerprint density at radius 1 is 1.11 bits per heavy atom. The lowest BCUT2D eigenvalue weighted by atomic mass is 9.89. The van der Waals surface area contributed by atoms with Gasteiger partial charge >= 0.3 is 0 Å². The summed E-state index contributed by atoms with van der Waals surface area (Å²) in [6.07, 6.45) is 8.54. The molecule has 2 bridgehead atoms. The Morgan fingerprint density at radius 2 is 1.96 bits per heavy atom. The first-order chi connectivity index (χ1) is 13.8. The van der Waals surface area contributed by atoms with E-state index in [1.165, 1.54) is 37.7 Å². The normalized spacial score (nSPS) is 19.9. The second-order valence-electron chi connectivity index (χ2n) is 7.89. The molecule has 1 aliphatic carbocycles. The number of amides is 1. The average molecular weight is 383 g/mol. The molecule has 7 nitrogen and oxygen atoms in total. The third-order valence-electron chi connectivity index (χ3n) is 5.57. The molecule has 1 aromatic carbocycles. The Kier molecular flexibility index (Phi) is 6.21. The van der Waals surface area contributed by atoms with Gasteiger partial charge in [0.1, 0.15) is 18.9 Å². The smallest absolute Gasteiger partial charge is 0.241 e. The molecule has 1 N–H and O–H groups in total. The Morgan fingerprint density at radius 3 is 2.86 bits per heavy atom. The zero-order valence-electron chi connectivity index (χ0n) is 16.3. The van der Waals surface area contributed by atoms with Gasteiger partial charge in [0.15, 0.2) is 0 Å². The van der Waals surface area contributed by atoms with Crippen LogP contribution in [0.3, 0.4) is 0 Å². The minimum absolute atomic E-state index is 0.0792. The molecule has 1 saturated carbocycles. The van der Waals surface area contributed by atoms with Crippen LogP contribution >= 0.6 is 0 Å². The Bertz CT molecular complexity index is 785. The fraction of sp³-hybridized carbons (Fsp3) is 0.571. The molecule has 2 aliphatic rings. The first-order valence-electron chi connectivity index (χ1n) is 10.3. The topological polar surface area (TPSA) is 72.3 Å². The van der Waals surface area contributed by atoms with Gasteiger partial charge in [0, 0.05) is 25.2 Å². The molecular weight excluding hydrogens is 354 g/mol. The van der Waals surface area contributed by atoms with Crippen molar-refractivity contribution in [3.05, 3.63) is 41.7 Å². The highest BCUT2D eigenvalue weighted by Gasteiger charge is 2.20. The van der Waals surface area contributed by atoms with Crippen LogP contribution in [-0.4, -0.2) is 45.5 Å². The summed E-state index contributed by atoms with van der Waals surface area (Å²) in [6, 6.07) is 8.20. The summed E-state index contributed by atoms with van der Waals surface area (Å²) in [4.78, 5) is 14.5. The molecule has 1 aromatic heterocycles. The van der Waals surface area contributed by atoms with Crippen molar-refractivity contribution in [1.29, 1.82) is 0 Å². The molecule has 2 heterocycles. The van der Waals surface area contributed by atoms with Gasteiger partial charge < -0.3 is 10.1 Å². The van der Waals surface area contributed by atoms with Crippen molar-refractivity contribution in [2.45, 2.75) is 51.7 Å². The lowest BCUT2D eigenvalue weighted by Gasteiger charge is -2.29. The molecule has 4 rings (SSSR count). The van der Waals surface area contributed by atoms with Gasteiger partial charge in [-0.3, -0.25) is 9.69 Å². The molecule has 1 amide bonds. The lowest BCUT2D eigenvalue weighted by molar-refractivity contribution is -0.121. The predicted octanol–water partition coefficient (Wildman–Crippen LogP) is 2.37. The van der Waals surface area contributed by atoms with Gasteiger partial charge in [-0.15, -0.1) is 5.10 Å². The van der Waals surface area contributed by atoms with Crippen LogP contribution < -0.4 is 10.1 Å². The summed E-state index contributed by atoms with van der Waals surface area (Å²) in [5.41, 5.74) is 2.08. The van der Waals surface area contributed by atoms with E-state index in [0.717, 1.165) is 37.0 Å². The summed E-state index contributed by atoms with van der Waals surface area (Å²) in [5.74, 6) is 1.55. The van der Waals surface area contributed by atoms with E-state index in [2.05, 4.69) is 32.7 Å². The third kappa shape index (κ3) is 5.10.